The molecule has 0 aliphatic carbocycles. The fourth-order valence-electron chi connectivity index (χ4n) is 2.94. The largest absolute Gasteiger partial charge is 0.376 e. The Balaban J connectivity index is 1.51. The second kappa shape index (κ2) is 10.8. The Morgan fingerprint density at radius 3 is 2.03 bits per heavy atom. The summed E-state index contributed by atoms with van der Waals surface area (Å²) in [5.74, 6) is -0.590. The smallest absolute Gasteiger partial charge is 0.255 e. The van der Waals surface area contributed by atoms with Crippen LogP contribution in [0.4, 0.5) is 17.1 Å². The summed E-state index contributed by atoms with van der Waals surface area (Å²) >= 11 is 0. The highest BCUT2D eigenvalue weighted by atomic mass is 16.2. The van der Waals surface area contributed by atoms with Gasteiger partial charge in [0.2, 0.25) is 5.91 Å². The van der Waals surface area contributed by atoms with Crippen LogP contribution in [0.5, 0.6) is 0 Å². The van der Waals surface area contributed by atoms with E-state index in [-0.39, 0.29) is 30.3 Å². The van der Waals surface area contributed by atoms with Crippen molar-refractivity contribution in [2.24, 2.45) is 0 Å². The van der Waals surface area contributed by atoms with E-state index in [4.69, 9.17) is 0 Å². The Kier molecular flexibility index (Phi) is 7.59. The summed E-state index contributed by atoms with van der Waals surface area (Å²) in [7, 11) is 0. The average Bonchev–Trinajstić information content (AvgIpc) is 2.78. The number of anilines is 3. The Morgan fingerprint density at radius 1 is 0.688 bits per heavy atom. The molecule has 0 unspecified atom stereocenters. The number of carbonyl (C=O) groups is 3. The number of hydrogen-bond acceptors (Lipinski definition) is 4. The molecule has 0 heterocycles. The van der Waals surface area contributed by atoms with Gasteiger partial charge in [0.05, 0.1) is 6.54 Å². The second-order valence-corrected chi connectivity index (χ2v) is 7.51. The molecular formula is C25H26N4O3. The number of rotatable bonds is 8. The number of hydrogen-bond donors (Lipinski definition) is 4. The van der Waals surface area contributed by atoms with Crippen molar-refractivity contribution in [3.63, 3.8) is 0 Å². The van der Waals surface area contributed by atoms with Crippen molar-refractivity contribution < 1.29 is 14.4 Å². The van der Waals surface area contributed by atoms with E-state index in [1.807, 2.05) is 26.0 Å². The highest BCUT2D eigenvalue weighted by Crippen LogP contribution is 2.16. The monoisotopic (exact) mass is 430 g/mol. The van der Waals surface area contributed by atoms with Gasteiger partial charge in [-0.3, -0.25) is 14.4 Å². The van der Waals surface area contributed by atoms with E-state index in [1.54, 1.807) is 66.7 Å². The lowest BCUT2D eigenvalue weighted by Gasteiger charge is -2.11. The molecule has 0 saturated heterocycles. The summed E-state index contributed by atoms with van der Waals surface area (Å²) in [6.45, 7) is 3.84. The van der Waals surface area contributed by atoms with E-state index in [1.165, 1.54) is 0 Å². The highest BCUT2D eigenvalue weighted by Gasteiger charge is 2.09. The van der Waals surface area contributed by atoms with Gasteiger partial charge in [0.15, 0.2) is 0 Å². The van der Waals surface area contributed by atoms with Gasteiger partial charge in [0, 0.05) is 34.2 Å². The first-order chi connectivity index (χ1) is 15.4. The molecule has 0 saturated carbocycles. The number of benzene rings is 3. The van der Waals surface area contributed by atoms with Gasteiger partial charge in [-0.1, -0.05) is 24.3 Å². The first-order valence-corrected chi connectivity index (χ1v) is 10.3. The van der Waals surface area contributed by atoms with Crippen molar-refractivity contribution in [3.8, 4) is 0 Å². The molecule has 3 aromatic rings. The Morgan fingerprint density at radius 2 is 1.34 bits per heavy atom. The summed E-state index contributed by atoms with van der Waals surface area (Å²) in [5.41, 5.74) is 3.02. The molecule has 0 fully saturated rings. The molecule has 0 bridgehead atoms. The minimum Gasteiger partial charge on any atom is -0.376 e. The third-order valence-electron chi connectivity index (χ3n) is 4.46. The van der Waals surface area contributed by atoms with E-state index in [0.717, 1.165) is 0 Å². The van der Waals surface area contributed by atoms with Crippen LogP contribution in [-0.4, -0.2) is 30.3 Å². The van der Waals surface area contributed by atoms with E-state index >= 15 is 0 Å². The molecule has 0 aliphatic rings. The normalized spacial score (nSPS) is 10.3. The molecule has 164 valence electrons. The number of carbonyl (C=O) groups excluding carboxylic acids is 3. The zero-order chi connectivity index (χ0) is 22.9. The van der Waals surface area contributed by atoms with Gasteiger partial charge in [0.1, 0.15) is 0 Å². The van der Waals surface area contributed by atoms with Crippen LogP contribution in [0.25, 0.3) is 0 Å². The summed E-state index contributed by atoms with van der Waals surface area (Å²) in [4.78, 5) is 36.6. The predicted octanol–water partition coefficient (Wildman–Crippen LogP) is 4.13. The molecular weight excluding hydrogens is 404 g/mol. The second-order valence-electron chi connectivity index (χ2n) is 7.51. The fraction of sp³-hybridized carbons (Fsp3) is 0.160. The molecule has 3 rings (SSSR count). The summed E-state index contributed by atoms with van der Waals surface area (Å²) in [6.07, 6.45) is 0. The number of amides is 3. The standard InChI is InChI=1S/C25H26N4O3/c1-17(2)27-24(31)19-11-13-20(14-12-19)28-23(30)16-26-21-9-6-10-22(15-21)29-25(32)18-7-4-3-5-8-18/h3-15,17,26H,16H2,1-2H3,(H,27,31)(H,28,30)(H,29,32). The Hall–Kier alpha value is -4.13. The topological polar surface area (TPSA) is 99.3 Å². The van der Waals surface area contributed by atoms with Crippen LogP contribution in [-0.2, 0) is 4.79 Å². The van der Waals surface area contributed by atoms with Crippen LogP contribution in [0.15, 0.2) is 78.9 Å². The molecule has 0 spiro atoms. The molecule has 0 atom stereocenters. The van der Waals surface area contributed by atoms with Crippen LogP contribution < -0.4 is 21.3 Å². The van der Waals surface area contributed by atoms with Crippen LogP contribution in [0, 0.1) is 0 Å². The number of nitrogens with one attached hydrogen (secondary N) is 4. The molecule has 32 heavy (non-hydrogen) atoms. The molecule has 3 amide bonds. The van der Waals surface area contributed by atoms with Crippen LogP contribution in [0.1, 0.15) is 34.6 Å². The maximum absolute atomic E-state index is 12.3. The van der Waals surface area contributed by atoms with Crippen molar-refractivity contribution in [2.75, 3.05) is 22.5 Å². The predicted molar refractivity (Wildman–Crippen MR) is 127 cm³/mol. The third kappa shape index (κ3) is 6.70. The molecule has 0 aromatic heterocycles. The minimum atomic E-state index is -0.233. The average molecular weight is 431 g/mol. The van der Waals surface area contributed by atoms with E-state index in [0.29, 0.717) is 28.2 Å². The van der Waals surface area contributed by atoms with Gasteiger partial charge in [-0.2, -0.15) is 0 Å². The quantitative estimate of drug-likeness (QED) is 0.432. The van der Waals surface area contributed by atoms with Crippen molar-refractivity contribution in [1.82, 2.24) is 5.32 Å². The summed E-state index contributed by atoms with van der Waals surface area (Å²) in [5, 5.41) is 11.5. The molecule has 0 radical (unpaired) electrons. The van der Waals surface area contributed by atoms with E-state index < -0.39 is 0 Å². The fourth-order valence-corrected chi connectivity index (χ4v) is 2.94. The molecule has 7 heteroatoms. The minimum absolute atomic E-state index is 0.0473. The third-order valence-corrected chi connectivity index (χ3v) is 4.46. The van der Waals surface area contributed by atoms with Gasteiger partial charge in [-0.05, 0) is 68.4 Å². The molecule has 0 aliphatic heterocycles. The van der Waals surface area contributed by atoms with Crippen molar-refractivity contribution >= 4 is 34.8 Å². The van der Waals surface area contributed by atoms with Crippen molar-refractivity contribution in [2.45, 2.75) is 19.9 Å². The SMILES string of the molecule is CC(C)NC(=O)c1ccc(NC(=O)CNc2cccc(NC(=O)c3ccccc3)c2)cc1. The Bertz CT molecular complexity index is 1080. The lowest BCUT2D eigenvalue weighted by atomic mass is 10.2. The summed E-state index contributed by atoms with van der Waals surface area (Å²) < 4.78 is 0. The maximum Gasteiger partial charge on any atom is 0.255 e. The van der Waals surface area contributed by atoms with Crippen LogP contribution in [0.2, 0.25) is 0 Å². The van der Waals surface area contributed by atoms with E-state index in [2.05, 4.69) is 21.3 Å². The lowest BCUT2D eigenvalue weighted by Crippen LogP contribution is -2.30. The first-order valence-electron chi connectivity index (χ1n) is 10.3. The Labute approximate surface area is 187 Å². The highest BCUT2D eigenvalue weighted by molar-refractivity contribution is 6.04. The zero-order valence-corrected chi connectivity index (χ0v) is 18.0. The molecule has 4 N–H and O–H groups in total. The van der Waals surface area contributed by atoms with Crippen molar-refractivity contribution in [1.29, 1.82) is 0 Å². The maximum atomic E-state index is 12.3. The molecule has 3 aromatic carbocycles. The van der Waals surface area contributed by atoms with Gasteiger partial charge < -0.3 is 21.3 Å². The lowest BCUT2D eigenvalue weighted by molar-refractivity contribution is -0.114. The molecule has 7 nitrogen and oxygen atoms in total. The first kappa shape index (κ1) is 22.6. The van der Waals surface area contributed by atoms with E-state index in [9.17, 15) is 14.4 Å². The van der Waals surface area contributed by atoms with Gasteiger partial charge in [-0.15, -0.1) is 0 Å². The summed E-state index contributed by atoms with van der Waals surface area (Å²) in [6, 6.07) is 22.9. The van der Waals surface area contributed by atoms with Crippen LogP contribution >= 0.6 is 0 Å². The van der Waals surface area contributed by atoms with Crippen LogP contribution in [0.3, 0.4) is 0 Å². The zero-order valence-electron chi connectivity index (χ0n) is 18.0. The van der Waals surface area contributed by atoms with Gasteiger partial charge >= 0.3 is 0 Å². The van der Waals surface area contributed by atoms with Gasteiger partial charge in [0.25, 0.3) is 11.8 Å². The van der Waals surface area contributed by atoms with Gasteiger partial charge in [-0.25, -0.2) is 0 Å². The van der Waals surface area contributed by atoms with Crippen molar-refractivity contribution in [3.05, 3.63) is 90.0 Å².